The van der Waals surface area contributed by atoms with Crippen molar-refractivity contribution in [2.24, 2.45) is 0 Å². The normalized spacial score (nSPS) is 13.4. The lowest BCUT2D eigenvalue weighted by Gasteiger charge is -2.09. The molecule has 0 nitrogen and oxygen atoms in total. The lowest BCUT2D eigenvalue weighted by Crippen LogP contribution is -1.86. The summed E-state index contributed by atoms with van der Waals surface area (Å²) in [4.78, 5) is 0. The molecule has 148 valence electrons. The van der Waals surface area contributed by atoms with Gasteiger partial charge in [0.2, 0.25) is 0 Å². The summed E-state index contributed by atoms with van der Waals surface area (Å²) in [6, 6.07) is 36.6. The van der Waals surface area contributed by atoms with Gasteiger partial charge in [-0.2, -0.15) is 0 Å². The van der Waals surface area contributed by atoms with Crippen LogP contribution in [0.3, 0.4) is 0 Å². The molecule has 6 aromatic rings. The number of benzene rings is 6. The third-order valence-corrected chi connectivity index (χ3v) is 7.59. The standard InChI is InChI=1S/C32H20/c1-2-7-21-12-24-16-29-25(14-23(24)11-20(21)6-1)15-26-18-31-27(17-30(26)29)13-22-10-9-19-5-3-4-8-28(19)32(22)31/h1-12,14,16-18H,13,15H2. The number of fused-ring (bicyclic) bond motifs is 10. The van der Waals surface area contributed by atoms with E-state index in [1.807, 2.05) is 0 Å². The Morgan fingerprint density at radius 2 is 0.969 bits per heavy atom. The zero-order chi connectivity index (χ0) is 20.8. The van der Waals surface area contributed by atoms with Crippen LogP contribution in [0.5, 0.6) is 0 Å². The zero-order valence-electron chi connectivity index (χ0n) is 17.7. The van der Waals surface area contributed by atoms with Crippen molar-refractivity contribution in [3.8, 4) is 22.3 Å². The molecule has 0 radical (unpaired) electrons. The summed E-state index contributed by atoms with van der Waals surface area (Å²) in [7, 11) is 0. The van der Waals surface area contributed by atoms with Gasteiger partial charge in [0, 0.05) is 0 Å². The SMILES string of the molecule is c1ccc2cc3cc4c(cc3cc2c1)Cc1cc2c(cc1-4)Cc1ccc3ccccc3c1-2. The average molecular weight is 405 g/mol. The van der Waals surface area contributed by atoms with Crippen molar-refractivity contribution < 1.29 is 0 Å². The Kier molecular flexibility index (Phi) is 3.07. The van der Waals surface area contributed by atoms with Crippen molar-refractivity contribution in [1.29, 1.82) is 0 Å². The second-order valence-electron chi connectivity index (χ2n) is 9.40. The Balaban J connectivity index is 1.34. The summed E-state index contributed by atoms with van der Waals surface area (Å²) in [5, 5.41) is 8.04. The molecule has 0 heterocycles. The minimum atomic E-state index is 1.03. The molecule has 0 fully saturated rings. The van der Waals surface area contributed by atoms with Crippen LogP contribution in [0.15, 0.2) is 97.1 Å². The van der Waals surface area contributed by atoms with Crippen molar-refractivity contribution in [2.75, 3.05) is 0 Å². The summed E-state index contributed by atoms with van der Waals surface area (Å²) in [6.07, 6.45) is 2.07. The molecule has 0 aromatic heterocycles. The third-order valence-electron chi connectivity index (χ3n) is 7.59. The van der Waals surface area contributed by atoms with Gasteiger partial charge in [-0.3, -0.25) is 0 Å². The van der Waals surface area contributed by atoms with E-state index in [1.54, 1.807) is 0 Å². The summed E-state index contributed by atoms with van der Waals surface area (Å²) >= 11 is 0. The molecule has 0 amide bonds. The molecule has 0 spiro atoms. The quantitative estimate of drug-likeness (QED) is 0.223. The van der Waals surface area contributed by atoms with E-state index in [-0.39, 0.29) is 0 Å². The smallest absolute Gasteiger partial charge is 0.00130 e. The first-order valence-corrected chi connectivity index (χ1v) is 11.4. The molecule has 0 bridgehead atoms. The Bertz CT molecular complexity index is 1770. The van der Waals surface area contributed by atoms with Crippen molar-refractivity contribution in [2.45, 2.75) is 12.8 Å². The maximum Gasteiger partial charge on any atom is -0.00130 e. The van der Waals surface area contributed by atoms with E-state index >= 15 is 0 Å². The molecular weight excluding hydrogens is 384 g/mol. The maximum atomic E-state index is 2.49. The van der Waals surface area contributed by atoms with Crippen molar-refractivity contribution >= 4 is 32.3 Å². The first-order valence-electron chi connectivity index (χ1n) is 11.4. The van der Waals surface area contributed by atoms with Gasteiger partial charge in [0.05, 0.1) is 0 Å². The monoisotopic (exact) mass is 404 g/mol. The first-order chi connectivity index (χ1) is 15.8. The van der Waals surface area contributed by atoms with Gasteiger partial charge >= 0.3 is 0 Å². The van der Waals surface area contributed by atoms with Crippen LogP contribution in [0.4, 0.5) is 0 Å². The zero-order valence-corrected chi connectivity index (χ0v) is 17.7. The molecule has 0 saturated heterocycles. The number of hydrogen-bond acceptors (Lipinski definition) is 0. The van der Waals surface area contributed by atoms with Crippen LogP contribution in [-0.2, 0) is 12.8 Å². The minimum Gasteiger partial charge on any atom is -0.0616 e. The molecule has 0 heteroatoms. The Morgan fingerprint density at radius 1 is 0.375 bits per heavy atom. The molecule has 2 aliphatic rings. The summed E-state index contributed by atoms with van der Waals surface area (Å²) in [5.41, 5.74) is 11.6. The highest BCUT2D eigenvalue weighted by atomic mass is 14.3. The molecule has 8 rings (SSSR count). The van der Waals surface area contributed by atoms with Gasteiger partial charge in [-0.05, 0) is 120 Å². The molecule has 0 saturated carbocycles. The molecule has 0 N–H and O–H groups in total. The van der Waals surface area contributed by atoms with Gasteiger partial charge in [0.1, 0.15) is 0 Å². The average Bonchev–Trinajstić information content (AvgIpc) is 3.36. The predicted octanol–water partition coefficient (Wildman–Crippen LogP) is 8.29. The van der Waals surface area contributed by atoms with Crippen LogP contribution in [-0.4, -0.2) is 0 Å². The van der Waals surface area contributed by atoms with Crippen LogP contribution >= 0.6 is 0 Å². The highest BCUT2D eigenvalue weighted by Crippen LogP contribution is 2.47. The van der Waals surface area contributed by atoms with Crippen LogP contribution < -0.4 is 0 Å². The van der Waals surface area contributed by atoms with Crippen molar-refractivity contribution in [3.05, 3.63) is 119 Å². The van der Waals surface area contributed by atoms with Gasteiger partial charge in [-0.1, -0.05) is 66.7 Å². The first kappa shape index (κ1) is 16.8. The second kappa shape index (κ2) is 5.87. The molecule has 32 heavy (non-hydrogen) atoms. The highest BCUT2D eigenvalue weighted by Gasteiger charge is 2.26. The fraction of sp³-hybridized carbons (Fsp3) is 0.0625. The van der Waals surface area contributed by atoms with Crippen LogP contribution in [0.25, 0.3) is 54.6 Å². The topological polar surface area (TPSA) is 0 Å². The molecule has 2 aliphatic carbocycles. The number of rotatable bonds is 0. The molecular formula is C32H20. The lowest BCUT2D eigenvalue weighted by atomic mass is 9.94. The van der Waals surface area contributed by atoms with Gasteiger partial charge < -0.3 is 0 Å². The largest absolute Gasteiger partial charge is 0.0616 e. The van der Waals surface area contributed by atoms with Gasteiger partial charge in [0.25, 0.3) is 0 Å². The van der Waals surface area contributed by atoms with Crippen LogP contribution in [0.1, 0.15) is 22.3 Å². The van der Waals surface area contributed by atoms with E-state index in [0.29, 0.717) is 0 Å². The fourth-order valence-corrected chi connectivity index (χ4v) is 6.09. The molecule has 0 unspecified atom stereocenters. The van der Waals surface area contributed by atoms with Crippen LogP contribution in [0, 0.1) is 0 Å². The van der Waals surface area contributed by atoms with Crippen molar-refractivity contribution in [1.82, 2.24) is 0 Å². The molecule has 0 atom stereocenters. The van der Waals surface area contributed by atoms with Crippen LogP contribution in [0.2, 0.25) is 0 Å². The summed E-state index contributed by atoms with van der Waals surface area (Å²) < 4.78 is 0. The van der Waals surface area contributed by atoms with Gasteiger partial charge in [-0.25, -0.2) is 0 Å². The van der Waals surface area contributed by atoms with Gasteiger partial charge in [-0.15, -0.1) is 0 Å². The second-order valence-corrected chi connectivity index (χ2v) is 9.40. The van der Waals surface area contributed by atoms with E-state index in [4.69, 9.17) is 0 Å². The maximum absolute atomic E-state index is 2.49. The fourth-order valence-electron chi connectivity index (χ4n) is 6.09. The summed E-state index contributed by atoms with van der Waals surface area (Å²) in [5.74, 6) is 0. The Labute approximate surface area is 186 Å². The van der Waals surface area contributed by atoms with E-state index in [9.17, 15) is 0 Å². The van der Waals surface area contributed by atoms with E-state index in [0.717, 1.165) is 12.8 Å². The highest BCUT2D eigenvalue weighted by molar-refractivity contribution is 6.04. The molecule has 0 aliphatic heterocycles. The summed E-state index contributed by atoms with van der Waals surface area (Å²) in [6.45, 7) is 0. The van der Waals surface area contributed by atoms with E-state index < -0.39 is 0 Å². The van der Waals surface area contributed by atoms with E-state index in [1.165, 1.54) is 76.8 Å². The van der Waals surface area contributed by atoms with E-state index in [2.05, 4.69) is 97.1 Å². The predicted molar refractivity (Wildman–Crippen MR) is 135 cm³/mol. The minimum absolute atomic E-state index is 1.03. The molecule has 6 aromatic carbocycles. The van der Waals surface area contributed by atoms with Crippen molar-refractivity contribution in [3.63, 3.8) is 0 Å². The van der Waals surface area contributed by atoms with Gasteiger partial charge in [0.15, 0.2) is 0 Å². The third kappa shape index (κ3) is 2.17. The lowest BCUT2D eigenvalue weighted by molar-refractivity contribution is 1.24. The number of hydrogen-bond donors (Lipinski definition) is 0. The Hall–Kier alpha value is -3.90. The Morgan fingerprint density at radius 3 is 1.81 bits per heavy atom.